The Balaban J connectivity index is 0.641. The Kier molecular flexibility index (Phi) is 14.1. The Labute approximate surface area is 414 Å². The fourth-order valence-corrected chi connectivity index (χ4v) is 9.76. The van der Waals surface area contributed by atoms with Crippen molar-refractivity contribution in [2.24, 2.45) is 0 Å². The zero-order valence-electron chi connectivity index (χ0n) is 39.9. The molecule has 2 saturated heterocycles. The molecule has 4 amide bonds. The van der Waals surface area contributed by atoms with Gasteiger partial charge in [-0.05, 0) is 97.4 Å². The molecule has 356 valence electrons. The number of fused-ring (bicyclic) bond motifs is 3. The summed E-state index contributed by atoms with van der Waals surface area (Å²) in [4.78, 5) is 73.7. The van der Waals surface area contributed by atoms with Crippen LogP contribution in [0.4, 0.5) is 5.82 Å². The summed E-state index contributed by atoms with van der Waals surface area (Å²) in [5.41, 5.74) is 9.65. The quantitative estimate of drug-likeness (QED) is 0.0601. The van der Waals surface area contributed by atoms with Gasteiger partial charge in [0.05, 0.1) is 24.3 Å². The van der Waals surface area contributed by atoms with Gasteiger partial charge >= 0.3 is 0 Å². The van der Waals surface area contributed by atoms with Crippen LogP contribution >= 0.6 is 0 Å². The van der Waals surface area contributed by atoms with Crippen LogP contribution < -0.4 is 10.6 Å². The zero-order chi connectivity index (χ0) is 48.7. The molecule has 1 atom stereocenters. The van der Waals surface area contributed by atoms with E-state index in [1.165, 1.54) is 0 Å². The van der Waals surface area contributed by atoms with Crippen molar-refractivity contribution in [2.45, 2.75) is 57.7 Å². The molecule has 0 spiro atoms. The van der Waals surface area contributed by atoms with E-state index in [1.54, 1.807) is 17.2 Å². The summed E-state index contributed by atoms with van der Waals surface area (Å²) in [6.07, 6.45) is 10.0. The molecular weight excluding hydrogens is 887 g/mol. The summed E-state index contributed by atoms with van der Waals surface area (Å²) in [6.45, 7) is 7.15. The largest absolute Gasteiger partial charge is 0.373 e. The molecule has 2 aromatic heterocycles. The van der Waals surface area contributed by atoms with Crippen molar-refractivity contribution in [3.63, 3.8) is 0 Å². The first kappa shape index (κ1) is 46.7. The normalized spacial score (nSPS) is 17.0. The molecule has 10 rings (SSSR count). The second-order valence-electron chi connectivity index (χ2n) is 18.5. The number of hydrogen-bond acceptors (Lipinski definition) is 10. The number of rotatable bonds is 11. The van der Waals surface area contributed by atoms with E-state index in [2.05, 4.69) is 91.6 Å². The first-order chi connectivity index (χ1) is 34.8. The number of anilines is 1. The number of carbonyl (C=O) groups excluding carboxylic acids is 4. The number of unbranched alkanes of at least 4 members (excludes halogenated alkanes) is 2. The summed E-state index contributed by atoms with van der Waals surface area (Å²) in [5, 5.41) is 6.63. The minimum Gasteiger partial charge on any atom is -0.373 e. The van der Waals surface area contributed by atoms with E-state index in [1.807, 2.05) is 72.6 Å². The van der Waals surface area contributed by atoms with Crippen LogP contribution in [0.15, 0.2) is 103 Å². The number of nitrogens with one attached hydrogen (secondary N) is 2. The van der Waals surface area contributed by atoms with Crippen LogP contribution in [-0.2, 0) is 29.1 Å². The van der Waals surface area contributed by atoms with E-state index >= 15 is 0 Å². The maximum absolute atomic E-state index is 13.7. The van der Waals surface area contributed by atoms with Gasteiger partial charge in [-0.1, -0.05) is 84.4 Å². The van der Waals surface area contributed by atoms with Crippen LogP contribution in [0, 0.1) is 23.7 Å². The number of para-hydroxylation sites is 1. The molecule has 4 aliphatic rings. The van der Waals surface area contributed by atoms with Crippen molar-refractivity contribution in [3.8, 4) is 35.1 Å². The van der Waals surface area contributed by atoms with Gasteiger partial charge in [0.25, 0.3) is 11.8 Å². The van der Waals surface area contributed by atoms with E-state index in [4.69, 9.17) is 9.97 Å². The van der Waals surface area contributed by atoms with Gasteiger partial charge in [-0.3, -0.25) is 34.4 Å². The van der Waals surface area contributed by atoms with Gasteiger partial charge < -0.3 is 20.0 Å². The Morgan fingerprint density at radius 1 is 0.789 bits per heavy atom. The van der Waals surface area contributed by atoms with Crippen LogP contribution in [0.1, 0.15) is 91.9 Å². The molecule has 0 radical (unpaired) electrons. The minimum absolute atomic E-state index is 0.0199. The van der Waals surface area contributed by atoms with Crippen molar-refractivity contribution in [3.05, 3.63) is 153 Å². The van der Waals surface area contributed by atoms with E-state index in [0.717, 1.165) is 120 Å². The van der Waals surface area contributed by atoms with Gasteiger partial charge in [0.15, 0.2) is 5.82 Å². The number of benzene rings is 4. The monoisotopic (exact) mass is 941 g/mol. The maximum atomic E-state index is 13.7. The first-order valence-electron chi connectivity index (χ1n) is 24.6. The zero-order valence-corrected chi connectivity index (χ0v) is 39.9. The molecular formula is C58H55N9O4. The molecule has 2 fully saturated rings. The third-order valence-electron chi connectivity index (χ3n) is 13.8. The van der Waals surface area contributed by atoms with Crippen LogP contribution in [-0.4, -0.2) is 117 Å². The van der Waals surface area contributed by atoms with Crippen molar-refractivity contribution in [1.82, 2.24) is 39.9 Å². The van der Waals surface area contributed by atoms with Gasteiger partial charge in [0.2, 0.25) is 11.8 Å². The van der Waals surface area contributed by atoms with E-state index in [-0.39, 0.29) is 24.1 Å². The van der Waals surface area contributed by atoms with Gasteiger partial charge in [-0.25, -0.2) is 9.97 Å². The average molecular weight is 942 g/mol. The predicted molar refractivity (Wildman–Crippen MR) is 276 cm³/mol. The van der Waals surface area contributed by atoms with Gasteiger partial charge in [-0.15, -0.1) is 0 Å². The molecule has 0 aliphatic carbocycles. The van der Waals surface area contributed by atoms with Crippen molar-refractivity contribution in [2.75, 3.05) is 58.2 Å². The number of amides is 4. The number of hydrogen-bond donors (Lipinski definition) is 2. The highest BCUT2D eigenvalue weighted by Crippen LogP contribution is 2.31. The van der Waals surface area contributed by atoms with Gasteiger partial charge in [-0.2, -0.15) is 0 Å². The molecule has 13 heteroatoms. The van der Waals surface area contributed by atoms with E-state index in [9.17, 15) is 19.2 Å². The van der Waals surface area contributed by atoms with Crippen LogP contribution in [0.3, 0.4) is 0 Å². The van der Waals surface area contributed by atoms with Crippen LogP contribution in [0.2, 0.25) is 0 Å². The summed E-state index contributed by atoms with van der Waals surface area (Å²) >= 11 is 0. The highest BCUT2D eigenvalue weighted by atomic mass is 16.2. The SMILES string of the molecule is CNc1nc(-c2cnc3ccccc3c2)nc2c1CCN(C(=O)c1ccc(/C=C/c3ccc(C#CCN4CCN(CCCCC#Cc5cccc6c5CN(C5CCC(=O)NC5=O)C6=O)CC4)cc3)cc1)C2. The standard InChI is InChI=1S/C58H55N9O4/c1-59-55-48-28-31-66(39-51(48)61-54(63-55)46-36-45-12-5-6-15-50(45)60-37-46)57(70)44-24-22-42(23-25-44)21-20-41-18-16-40(17-19-41)10-9-30-65-34-32-64(33-35-65)29-7-3-2-4-11-43-13-8-14-47-49(43)38-67(58(47)71)52-26-27-53(68)62-56(52)69/h5-6,8,12-25,36-37,52H,2-3,7,26-35,38-39H2,1H3,(H,59,61,63)(H,62,68,69)/b21-20+. The minimum atomic E-state index is -0.629. The van der Waals surface area contributed by atoms with Crippen LogP contribution in [0.5, 0.6) is 0 Å². The molecule has 13 nitrogen and oxygen atoms in total. The summed E-state index contributed by atoms with van der Waals surface area (Å²) < 4.78 is 0. The molecule has 2 N–H and O–H groups in total. The van der Waals surface area contributed by atoms with E-state index in [0.29, 0.717) is 49.4 Å². The van der Waals surface area contributed by atoms with Crippen molar-refractivity contribution >= 4 is 52.5 Å². The molecule has 0 bridgehead atoms. The lowest BCUT2D eigenvalue weighted by molar-refractivity contribution is -0.136. The highest BCUT2D eigenvalue weighted by Gasteiger charge is 2.39. The van der Waals surface area contributed by atoms with Crippen molar-refractivity contribution in [1.29, 1.82) is 0 Å². The van der Waals surface area contributed by atoms with Crippen molar-refractivity contribution < 1.29 is 19.2 Å². The molecule has 6 aromatic rings. The number of piperazine rings is 1. The number of piperidine rings is 1. The second-order valence-corrected chi connectivity index (χ2v) is 18.5. The molecule has 4 aromatic carbocycles. The smallest absolute Gasteiger partial charge is 0.255 e. The Bertz CT molecular complexity index is 3170. The molecule has 4 aliphatic heterocycles. The number of imide groups is 1. The van der Waals surface area contributed by atoms with Gasteiger partial charge in [0.1, 0.15) is 11.9 Å². The maximum Gasteiger partial charge on any atom is 0.255 e. The number of carbonyl (C=O) groups is 4. The third kappa shape index (κ3) is 10.8. The lowest BCUT2D eigenvalue weighted by atomic mass is 10.0. The summed E-state index contributed by atoms with van der Waals surface area (Å²) in [7, 11) is 1.87. The third-order valence-corrected chi connectivity index (χ3v) is 13.8. The first-order valence-corrected chi connectivity index (χ1v) is 24.6. The fourth-order valence-electron chi connectivity index (χ4n) is 9.76. The topological polar surface area (TPSA) is 144 Å². The summed E-state index contributed by atoms with van der Waals surface area (Å²) in [5.74, 6) is 13.8. The number of nitrogens with zero attached hydrogens (tertiary/aromatic N) is 7. The number of pyridine rings is 1. The molecule has 0 saturated carbocycles. The fraction of sp³-hybridized carbons (Fsp3) is 0.293. The van der Waals surface area contributed by atoms with E-state index < -0.39 is 11.9 Å². The second kappa shape index (κ2) is 21.3. The Hall–Kier alpha value is -7.97. The van der Waals surface area contributed by atoms with Crippen LogP contribution in [0.25, 0.3) is 34.4 Å². The Morgan fingerprint density at radius 2 is 1.56 bits per heavy atom. The summed E-state index contributed by atoms with van der Waals surface area (Å²) in [6, 6.07) is 31.0. The molecule has 71 heavy (non-hydrogen) atoms. The lowest BCUT2D eigenvalue weighted by Crippen LogP contribution is -2.52. The van der Waals surface area contributed by atoms with Gasteiger partial charge in [0, 0.05) is 104 Å². The lowest BCUT2D eigenvalue weighted by Gasteiger charge is -2.33. The molecule has 6 heterocycles. The Morgan fingerprint density at radius 3 is 2.35 bits per heavy atom. The highest BCUT2D eigenvalue weighted by molar-refractivity contribution is 6.05. The number of aromatic nitrogens is 3. The average Bonchev–Trinajstić information content (AvgIpc) is 3.74. The predicted octanol–water partition coefficient (Wildman–Crippen LogP) is 7.05. The molecule has 1 unspecified atom stereocenters.